The number of aryl methyl sites for hydroxylation is 1. The van der Waals surface area contributed by atoms with Crippen LogP contribution in [-0.4, -0.2) is 70.3 Å². The molecule has 8 nitrogen and oxygen atoms in total. The number of hydrogen-bond acceptors (Lipinski definition) is 9. The highest BCUT2D eigenvalue weighted by Gasteiger charge is 2.45. The van der Waals surface area contributed by atoms with E-state index in [1.54, 1.807) is 25.3 Å². The average molecular weight is 668 g/mol. The number of aromatic nitrogens is 3. The molecule has 0 spiro atoms. The van der Waals surface area contributed by atoms with Crippen LogP contribution in [0.2, 0.25) is 0 Å². The van der Waals surface area contributed by atoms with E-state index in [2.05, 4.69) is 44.2 Å². The van der Waals surface area contributed by atoms with Crippen molar-refractivity contribution < 1.29 is 13.5 Å². The van der Waals surface area contributed by atoms with Gasteiger partial charge in [-0.05, 0) is 83.0 Å². The van der Waals surface area contributed by atoms with Gasteiger partial charge in [0.05, 0.1) is 16.5 Å². The summed E-state index contributed by atoms with van der Waals surface area (Å²) in [6, 6.07) is 5.18. The first-order valence-corrected chi connectivity index (χ1v) is 17.9. The molecule has 1 aromatic carbocycles. The Labute approximate surface area is 284 Å². The van der Waals surface area contributed by atoms with E-state index in [4.69, 9.17) is 15.5 Å². The van der Waals surface area contributed by atoms with Gasteiger partial charge in [0.2, 0.25) is 0 Å². The topological polar surface area (TPSA) is 92.4 Å². The second kappa shape index (κ2) is 15.6. The minimum Gasteiger partial charge on any atom is -0.461 e. The van der Waals surface area contributed by atoms with Gasteiger partial charge in [-0.3, -0.25) is 14.6 Å². The number of thiol groups is 1. The number of pyridine rings is 1. The molecule has 3 fully saturated rings. The molecule has 0 bridgehead atoms. The van der Waals surface area contributed by atoms with Crippen molar-refractivity contribution >= 4 is 35.1 Å². The van der Waals surface area contributed by atoms with Crippen LogP contribution in [0, 0.1) is 11.6 Å². The monoisotopic (exact) mass is 667 g/mol. The number of ether oxygens (including phenoxy) is 1. The van der Waals surface area contributed by atoms with E-state index in [-0.39, 0.29) is 22.8 Å². The number of unbranched alkanes of at least 4 members (excludes halogenated alkanes) is 1. The standard InChI is InChI=1S/C34H45F2N7OS.C2H6/c1-3-5-10-23-11-6-12-26(35)27(23)24(4-2)29-28(36)30-25(19-38-29)31(42-16-7-13-33(20-37,21-42)41-45)40-32(39-30)44-22-34-14-8-17-43(34)18-9-15-34;1-2/h4,6,11-12,19,41,45H,3,5,7-10,13-18,20-22,37H2,1-2H3;1-2H3/b24-4+;. The summed E-state index contributed by atoms with van der Waals surface area (Å²) < 4.78 is 41.8. The molecule has 3 aromatic rings. The molecule has 3 aliphatic heterocycles. The number of halogens is 2. The third-order valence-electron chi connectivity index (χ3n) is 10.1. The summed E-state index contributed by atoms with van der Waals surface area (Å²) in [5.74, 6) is -0.458. The molecule has 2 aromatic heterocycles. The number of anilines is 1. The minimum absolute atomic E-state index is 0.0198. The van der Waals surface area contributed by atoms with E-state index < -0.39 is 17.2 Å². The largest absolute Gasteiger partial charge is 0.461 e. The highest BCUT2D eigenvalue weighted by Crippen LogP contribution is 2.40. The number of fused-ring (bicyclic) bond motifs is 2. The van der Waals surface area contributed by atoms with Crippen molar-refractivity contribution in [3.63, 3.8) is 0 Å². The van der Waals surface area contributed by atoms with Gasteiger partial charge in [0.25, 0.3) is 0 Å². The molecule has 0 saturated carbocycles. The molecule has 1 atom stereocenters. The van der Waals surface area contributed by atoms with Gasteiger partial charge >= 0.3 is 6.01 Å². The van der Waals surface area contributed by atoms with Gasteiger partial charge < -0.3 is 15.4 Å². The maximum atomic E-state index is 16.8. The molecule has 47 heavy (non-hydrogen) atoms. The predicted molar refractivity (Wildman–Crippen MR) is 190 cm³/mol. The van der Waals surface area contributed by atoms with E-state index in [9.17, 15) is 0 Å². The summed E-state index contributed by atoms with van der Waals surface area (Å²) in [5.41, 5.74) is 7.55. The molecule has 1 unspecified atom stereocenters. The van der Waals surface area contributed by atoms with Gasteiger partial charge in [0.1, 0.15) is 29.5 Å². The number of allylic oxidation sites excluding steroid dienone is 1. The van der Waals surface area contributed by atoms with E-state index in [1.165, 1.54) is 6.07 Å². The maximum Gasteiger partial charge on any atom is 0.319 e. The molecule has 5 heterocycles. The first-order valence-electron chi connectivity index (χ1n) is 17.4. The van der Waals surface area contributed by atoms with E-state index in [0.29, 0.717) is 55.0 Å². The second-order valence-corrected chi connectivity index (χ2v) is 13.1. The Bertz CT molecular complexity index is 1550. The molecule has 3 aliphatic rings. The molecule has 0 radical (unpaired) electrons. The van der Waals surface area contributed by atoms with Crippen LogP contribution in [0.3, 0.4) is 0 Å². The highest BCUT2D eigenvalue weighted by atomic mass is 32.1. The molecule has 6 rings (SSSR count). The maximum absolute atomic E-state index is 16.8. The van der Waals surface area contributed by atoms with Crippen molar-refractivity contribution in [1.29, 1.82) is 0 Å². The summed E-state index contributed by atoms with van der Waals surface area (Å²) in [5, 5.41) is 0.479. The Morgan fingerprint density at radius 2 is 1.85 bits per heavy atom. The number of nitrogens with zero attached hydrogens (tertiary/aromatic N) is 5. The number of piperidine rings is 1. The number of nitrogens with two attached hydrogens (primary N) is 1. The summed E-state index contributed by atoms with van der Waals surface area (Å²) in [4.78, 5) is 18.8. The lowest BCUT2D eigenvalue weighted by atomic mass is 9.90. The fourth-order valence-corrected chi connectivity index (χ4v) is 7.91. The first-order chi connectivity index (χ1) is 22.9. The van der Waals surface area contributed by atoms with Crippen LogP contribution in [0.25, 0.3) is 16.5 Å². The van der Waals surface area contributed by atoms with Crippen molar-refractivity contribution in [2.24, 2.45) is 5.73 Å². The average Bonchev–Trinajstić information content (AvgIpc) is 3.70. The molecular weight excluding hydrogens is 617 g/mol. The Balaban J connectivity index is 0.00000213. The van der Waals surface area contributed by atoms with Crippen molar-refractivity contribution in [2.75, 3.05) is 44.2 Å². The Hall–Kier alpha value is -2.86. The van der Waals surface area contributed by atoms with Gasteiger partial charge in [-0.1, -0.05) is 58.2 Å². The Morgan fingerprint density at radius 1 is 1.11 bits per heavy atom. The number of hydrogen-bond donors (Lipinski definition) is 3. The van der Waals surface area contributed by atoms with Gasteiger partial charge in [-0.15, -0.1) is 0 Å². The first kappa shape index (κ1) is 35.4. The zero-order valence-corrected chi connectivity index (χ0v) is 29.3. The van der Waals surface area contributed by atoms with Crippen molar-refractivity contribution in [3.8, 4) is 6.01 Å². The fourth-order valence-electron chi connectivity index (χ4n) is 7.64. The number of rotatable bonds is 11. The lowest BCUT2D eigenvalue weighted by Crippen LogP contribution is -2.58. The molecule has 3 N–H and O–H groups in total. The Morgan fingerprint density at radius 3 is 2.53 bits per heavy atom. The van der Waals surface area contributed by atoms with E-state index in [1.807, 2.05) is 19.9 Å². The lowest BCUT2D eigenvalue weighted by molar-refractivity contribution is 0.108. The number of nitrogens with one attached hydrogen (secondary N) is 1. The van der Waals surface area contributed by atoms with Crippen molar-refractivity contribution in [2.45, 2.75) is 96.6 Å². The van der Waals surface area contributed by atoms with Gasteiger partial charge in [0, 0.05) is 37.0 Å². The van der Waals surface area contributed by atoms with Crippen LogP contribution in [-0.2, 0) is 6.42 Å². The molecule has 0 amide bonds. The Kier molecular flexibility index (Phi) is 11.7. The quantitative estimate of drug-likeness (QED) is 0.191. The summed E-state index contributed by atoms with van der Waals surface area (Å²) in [7, 11) is 0. The third-order valence-corrected chi connectivity index (χ3v) is 10.6. The second-order valence-electron chi connectivity index (χ2n) is 12.9. The zero-order valence-electron chi connectivity index (χ0n) is 28.4. The van der Waals surface area contributed by atoms with Crippen LogP contribution >= 0.6 is 12.8 Å². The molecule has 3 saturated heterocycles. The van der Waals surface area contributed by atoms with Crippen molar-refractivity contribution in [1.82, 2.24) is 24.6 Å². The van der Waals surface area contributed by atoms with Crippen LogP contribution in [0.4, 0.5) is 14.6 Å². The number of benzene rings is 1. The van der Waals surface area contributed by atoms with Crippen LogP contribution < -0.4 is 20.1 Å². The van der Waals surface area contributed by atoms with Gasteiger partial charge in [-0.2, -0.15) is 9.97 Å². The van der Waals surface area contributed by atoms with Gasteiger partial charge in [-0.25, -0.2) is 8.78 Å². The van der Waals surface area contributed by atoms with Crippen molar-refractivity contribution in [3.05, 3.63) is 58.9 Å². The molecule has 0 aliphatic carbocycles. The fraction of sp³-hybridized carbons (Fsp3) is 0.583. The van der Waals surface area contributed by atoms with E-state index in [0.717, 1.165) is 70.0 Å². The summed E-state index contributed by atoms with van der Waals surface area (Å²) >= 11 is 4.40. The normalized spacial score (nSPS) is 21.1. The van der Waals surface area contributed by atoms with Crippen LogP contribution in [0.5, 0.6) is 6.01 Å². The third kappa shape index (κ3) is 7.00. The van der Waals surface area contributed by atoms with Crippen LogP contribution in [0.15, 0.2) is 30.5 Å². The van der Waals surface area contributed by atoms with E-state index >= 15 is 8.78 Å². The van der Waals surface area contributed by atoms with Gasteiger partial charge in [0.15, 0.2) is 5.82 Å². The highest BCUT2D eigenvalue weighted by molar-refractivity contribution is 7.78. The zero-order chi connectivity index (χ0) is 33.6. The summed E-state index contributed by atoms with van der Waals surface area (Å²) in [6.45, 7) is 12.1. The summed E-state index contributed by atoms with van der Waals surface area (Å²) in [6.07, 6.45) is 12.1. The SMILES string of the molecule is C/C=C(/c1ncc2c(N3CCCC(CN)(NS)C3)nc(OCC34CCCN3CCC4)nc2c1F)c1c(F)cccc1CCCC.CC. The predicted octanol–water partition coefficient (Wildman–Crippen LogP) is 6.86. The van der Waals surface area contributed by atoms with Crippen LogP contribution in [0.1, 0.15) is 95.9 Å². The smallest absolute Gasteiger partial charge is 0.319 e. The molecule has 11 heteroatoms. The minimum atomic E-state index is -0.616. The lowest BCUT2D eigenvalue weighted by Gasteiger charge is -2.42. The molecule has 256 valence electrons. The molecular formula is C36H51F2N7OS.